The monoisotopic (exact) mass is 264 g/mol. The van der Waals surface area contributed by atoms with Crippen LogP contribution in [0.2, 0.25) is 0 Å². The molecule has 0 spiro atoms. The molecule has 0 aromatic heterocycles. The lowest BCUT2D eigenvalue weighted by Crippen LogP contribution is -2.38. The predicted molar refractivity (Wildman–Crippen MR) is 72.7 cm³/mol. The molecule has 2 N–H and O–H groups in total. The zero-order valence-corrected chi connectivity index (χ0v) is 11.2. The quantitative estimate of drug-likeness (QED) is 0.631. The summed E-state index contributed by atoms with van der Waals surface area (Å²) in [4.78, 5) is 13.8. The summed E-state index contributed by atoms with van der Waals surface area (Å²) in [5.41, 5.74) is 9.06. The molecule has 1 aliphatic heterocycles. The number of fused-ring (bicyclic) bond motifs is 1. The summed E-state index contributed by atoms with van der Waals surface area (Å²) in [6, 6.07) is 5.86. The first-order chi connectivity index (χ1) is 9.22. The molecule has 1 aromatic carbocycles. The number of benzene rings is 1. The van der Waals surface area contributed by atoms with Gasteiger partial charge in [0.2, 0.25) is 5.91 Å². The number of hydrogen-bond acceptors (Lipinski definition) is 4. The van der Waals surface area contributed by atoms with Gasteiger partial charge in [0, 0.05) is 25.9 Å². The van der Waals surface area contributed by atoms with E-state index in [1.54, 1.807) is 7.11 Å². The molecule has 19 heavy (non-hydrogen) atoms. The van der Waals surface area contributed by atoms with Crippen LogP contribution in [0.3, 0.4) is 0 Å². The Balaban J connectivity index is 1.89. The predicted octanol–water partition coefficient (Wildman–Crippen LogP) is 0.817. The lowest BCUT2D eigenvalue weighted by Gasteiger charge is -2.29. The molecule has 2 rings (SSSR count). The summed E-state index contributed by atoms with van der Waals surface area (Å²) >= 11 is 0. The Morgan fingerprint density at radius 1 is 1.42 bits per heavy atom. The van der Waals surface area contributed by atoms with Crippen molar-refractivity contribution in [1.82, 2.24) is 4.90 Å². The van der Waals surface area contributed by atoms with Gasteiger partial charge in [0.05, 0.1) is 13.2 Å². The van der Waals surface area contributed by atoms with Crippen LogP contribution in [0, 0.1) is 0 Å². The molecule has 0 fully saturated rings. The summed E-state index contributed by atoms with van der Waals surface area (Å²) in [5, 5.41) is 0. The van der Waals surface area contributed by atoms with Crippen molar-refractivity contribution in [3.05, 3.63) is 29.3 Å². The van der Waals surface area contributed by atoms with Gasteiger partial charge in [0.25, 0.3) is 0 Å². The van der Waals surface area contributed by atoms with E-state index in [9.17, 15) is 4.79 Å². The zero-order valence-electron chi connectivity index (χ0n) is 11.2. The SMILES string of the molecule is COCCOCC(=O)N1CCc2c(N)cccc2C1. The molecule has 0 atom stereocenters. The zero-order chi connectivity index (χ0) is 13.7. The number of rotatable bonds is 5. The minimum Gasteiger partial charge on any atom is -0.398 e. The van der Waals surface area contributed by atoms with Gasteiger partial charge >= 0.3 is 0 Å². The fraction of sp³-hybridized carbons (Fsp3) is 0.500. The van der Waals surface area contributed by atoms with E-state index in [0.717, 1.165) is 17.7 Å². The maximum atomic E-state index is 12.0. The second kappa shape index (κ2) is 6.54. The van der Waals surface area contributed by atoms with Crippen LogP contribution in [0.15, 0.2) is 18.2 Å². The van der Waals surface area contributed by atoms with Crippen LogP contribution >= 0.6 is 0 Å². The van der Waals surface area contributed by atoms with Gasteiger partial charge in [-0.25, -0.2) is 0 Å². The number of methoxy groups -OCH3 is 1. The minimum absolute atomic E-state index is 0.0178. The highest BCUT2D eigenvalue weighted by molar-refractivity contribution is 5.78. The van der Waals surface area contributed by atoms with Gasteiger partial charge < -0.3 is 20.1 Å². The number of amides is 1. The fourth-order valence-corrected chi connectivity index (χ4v) is 2.24. The standard InChI is InChI=1S/C14H20N2O3/c1-18-7-8-19-10-14(17)16-6-5-12-11(9-16)3-2-4-13(12)15/h2-4H,5-10,15H2,1H3. The van der Waals surface area contributed by atoms with Crippen molar-refractivity contribution < 1.29 is 14.3 Å². The van der Waals surface area contributed by atoms with E-state index in [1.165, 1.54) is 5.56 Å². The van der Waals surface area contributed by atoms with Crippen LogP contribution in [0.1, 0.15) is 11.1 Å². The molecular weight excluding hydrogens is 244 g/mol. The van der Waals surface area contributed by atoms with Crippen molar-refractivity contribution in [2.75, 3.05) is 39.2 Å². The van der Waals surface area contributed by atoms with Crippen molar-refractivity contribution in [2.45, 2.75) is 13.0 Å². The highest BCUT2D eigenvalue weighted by Gasteiger charge is 2.21. The molecule has 1 aromatic rings. The summed E-state index contributed by atoms with van der Waals surface area (Å²) in [5.74, 6) is 0.0178. The number of hydrogen-bond donors (Lipinski definition) is 1. The highest BCUT2D eigenvalue weighted by Crippen LogP contribution is 2.23. The Morgan fingerprint density at radius 2 is 2.26 bits per heavy atom. The van der Waals surface area contributed by atoms with Crippen molar-refractivity contribution in [3.63, 3.8) is 0 Å². The van der Waals surface area contributed by atoms with Crippen molar-refractivity contribution in [3.8, 4) is 0 Å². The summed E-state index contributed by atoms with van der Waals surface area (Å²) in [6.45, 7) is 2.38. The number of anilines is 1. The van der Waals surface area contributed by atoms with Gasteiger partial charge in [-0.2, -0.15) is 0 Å². The molecule has 0 saturated carbocycles. The molecule has 5 heteroatoms. The number of ether oxygens (including phenoxy) is 2. The lowest BCUT2D eigenvalue weighted by atomic mass is 9.98. The van der Waals surface area contributed by atoms with E-state index in [1.807, 2.05) is 23.1 Å². The van der Waals surface area contributed by atoms with E-state index in [-0.39, 0.29) is 12.5 Å². The topological polar surface area (TPSA) is 64.8 Å². The molecule has 1 amide bonds. The molecule has 104 valence electrons. The Kier molecular flexibility index (Phi) is 4.76. The minimum atomic E-state index is 0.0178. The van der Waals surface area contributed by atoms with E-state index in [4.69, 9.17) is 15.2 Å². The lowest BCUT2D eigenvalue weighted by molar-refractivity contribution is -0.137. The number of carbonyl (C=O) groups excluding carboxylic acids is 1. The van der Waals surface area contributed by atoms with Crippen LogP contribution in [0.25, 0.3) is 0 Å². The molecule has 5 nitrogen and oxygen atoms in total. The summed E-state index contributed by atoms with van der Waals surface area (Å²) in [6.07, 6.45) is 0.811. The molecule has 1 heterocycles. The van der Waals surface area contributed by atoms with Crippen LogP contribution in [-0.4, -0.2) is 44.3 Å². The first-order valence-electron chi connectivity index (χ1n) is 6.43. The highest BCUT2D eigenvalue weighted by atomic mass is 16.5. The number of nitrogens with two attached hydrogens (primary N) is 1. The van der Waals surface area contributed by atoms with Gasteiger partial charge in [0.1, 0.15) is 6.61 Å². The smallest absolute Gasteiger partial charge is 0.248 e. The van der Waals surface area contributed by atoms with Crippen molar-refractivity contribution in [2.24, 2.45) is 0 Å². The van der Waals surface area contributed by atoms with E-state index in [0.29, 0.717) is 26.3 Å². The van der Waals surface area contributed by atoms with E-state index >= 15 is 0 Å². The van der Waals surface area contributed by atoms with E-state index < -0.39 is 0 Å². The number of nitrogen functional groups attached to an aromatic ring is 1. The second-order valence-corrected chi connectivity index (χ2v) is 4.60. The van der Waals surface area contributed by atoms with Gasteiger partial charge in [-0.15, -0.1) is 0 Å². The third-order valence-electron chi connectivity index (χ3n) is 3.31. The third kappa shape index (κ3) is 3.45. The molecule has 0 radical (unpaired) electrons. The molecule has 0 unspecified atom stereocenters. The maximum absolute atomic E-state index is 12.0. The summed E-state index contributed by atoms with van der Waals surface area (Å²) < 4.78 is 10.1. The molecular formula is C14H20N2O3. The van der Waals surface area contributed by atoms with Crippen LogP contribution in [0.4, 0.5) is 5.69 Å². The van der Waals surface area contributed by atoms with Gasteiger partial charge in [-0.05, 0) is 23.6 Å². The third-order valence-corrected chi connectivity index (χ3v) is 3.31. The molecule has 0 saturated heterocycles. The Hall–Kier alpha value is -1.59. The van der Waals surface area contributed by atoms with Gasteiger partial charge in [0.15, 0.2) is 0 Å². The van der Waals surface area contributed by atoms with Crippen molar-refractivity contribution in [1.29, 1.82) is 0 Å². The largest absolute Gasteiger partial charge is 0.398 e. The number of carbonyl (C=O) groups is 1. The maximum Gasteiger partial charge on any atom is 0.248 e. The Labute approximate surface area is 113 Å². The molecule has 0 bridgehead atoms. The number of nitrogens with zero attached hydrogens (tertiary/aromatic N) is 1. The molecule has 0 aliphatic carbocycles. The van der Waals surface area contributed by atoms with E-state index in [2.05, 4.69) is 0 Å². The van der Waals surface area contributed by atoms with Crippen LogP contribution in [-0.2, 0) is 27.2 Å². The normalized spacial score (nSPS) is 14.3. The molecule has 1 aliphatic rings. The van der Waals surface area contributed by atoms with Gasteiger partial charge in [-0.1, -0.05) is 12.1 Å². The Morgan fingerprint density at radius 3 is 3.05 bits per heavy atom. The van der Waals surface area contributed by atoms with Crippen molar-refractivity contribution >= 4 is 11.6 Å². The fourth-order valence-electron chi connectivity index (χ4n) is 2.24. The van der Waals surface area contributed by atoms with Crippen LogP contribution < -0.4 is 5.73 Å². The van der Waals surface area contributed by atoms with Gasteiger partial charge in [-0.3, -0.25) is 4.79 Å². The first kappa shape index (κ1) is 13.8. The van der Waals surface area contributed by atoms with Crippen LogP contribution in [0.5, 0.6) is 0 Å². The first-order valence-corrected chi connectivity index (χ1v) is 6.43. The summed E-state index contributed by atoms with van der Waals surface area (Å²) in [7, 11) is 1.61. The average molecular weight is 264 g/mol. The Bertz CT molecular complexity index is 448. The average Bonchev–Trinajstić information content (AvgIpc) is 2.43. The second-order valence-electron chi connectivity index (χ2n) is 4.60.